The van der Waals surface area contributed by atoms with Gasteiger partial charge in [-0.05, 0) is 35.7 Å². The van der Waals surface area contributed by atoms with Gasteiger partial charge in [-0.15, -0.1) is 0 Å². The lowest BCUT2D eigenvalue weighted by atomic mass is 10.2. The average Bonchev–Trinajstić information content (AvgIpc) is 2.70. The lowest BCUT2D eigenvalue weighted by Gasteiger charge is -2.11. The van der Waals surface area contributed by atoms with Crippen molar-refractivity contribution in [2.24, 2.45) is 0 Å². The summed E-state index contributed by atoms with van der Waals surface area (Å²) in [6.07, 6.45) is 0.838. The molecule has 4 nitrogen and oxygen atoms in total. The smallest absolute Gasteiger partial charge is 0.315 e. The highest BCUT2D eigenvalue weighted by Gasteiger charge is 2.04. The Morgan fingerprint density at radius 3 is 3.07 bits per heavy atom. The number of hydrogen-bond donors (Lipinski definition) is 3. The molecule has 0 saturated carbocycles. The second kappa shape index (κ2) is 6.42. The van der Waals surface area contributed by atoms with E-state index in [1.54, 1.807) is 18.3 Å². The van der Waals surface area contributed by atoms with Gasteiger partial charge in [0, 0.05) is 6.54 Å². The van der Waals surface area contributed by atoms with E-state index < -0.39 is 0 Å². The van der Waals surface area contributed by atoms with Crippen molar-refractivity contribution >= 4 is 17.4 Å². The van der Waals surface area contributed by atoms with Gasteiger partial charge in [0.1, 0.15) is 0 Å². The summed E-state index contributed by atoms with van der Waals surface area (Å²) in [5.41, 5.74) is 1.23. The van der Waals surface area contributed by atoms with E-state index in [2.05, 4.69) is 16.0 Å². The molecule has 0 radical (unpaired) electrons. The SMILES string of the molecule is C[C@@H](CO)NC(=O)NCCc1ccsc1. The van der Waals surface area contributed by atoms with Crippen LogP contribution in [0.4, 0.5) is 4.79 Å². The van der Waals surface area contributed by atoms with Crippen molar-refractivity contribution in [1.82, 2.24) is 10.6 Å². The standard InChI is InChI=1S/C10H16N2O2S/c1-8(6-13)12-10(14)11-4-2-9-3-5-15-7-9/h3,5,7-8,13H,2,4,6H2,1H3,(H2,11,12,14)/t8-/m0/s1. The number of thiophene rings is 1. The second-order valence-electron chi connectivity index (χ2n) is 3.37. The molecule has 1 atom stereocenters. The van der Waals surface area contributed by atoms with Crippen molar-refractivity contribution in [1.29, 1.82) is 0 Å². The molecular formula is C10H16N2O2S. The Hall–Kier alpha value is -1.07. The summed E-state index contributed by atoms with van der Waals surface area (Å²) in [4.78, 5) is 11.2. The number of aliphatic hydroxyl groups excluding tert-OH is 1. The van der Waals surface area contributed by atoms with Gasteiger partial charge in [0.2, 0.25) is 0 Å². The molecule has 1 aromatic rings. The Morgan fingerprint density at radius 1 is 1.67 bits per heavy atom. The number of rotatable bonds is 5. The quantitative estimate of drug-likeness (QED) is 0.703. The van der Waals surface area contributed by atoms with Crippen molar-refractivity contribution in [2.45, 2.75) is 19.4 Å². The molecule has 15 heavy (non-hydrogen) atoms. The van der Waals surface area contributed by atoms with Gasteiger partial charge < -0.3 is 15.7 Å². The average molecular weight is 228 g/mol. The molecule has 1 heterocycles. The number of aliphatic hydroxyl groups is 1. The molecule has 0 aromatic carbocycles. The molecule has 0 bridgehead atoms. The van der Waals surface area contributed by atoms with Gasteiger partial charge in [0.05, 0.1) is 12.6 Å². The Bertz CT molecular complexity index is 288. The summed E-state index contributed by atoms with van der Waals surface area (Å²) in [6, 6.07) is 1.61. The summed E-state index contributed by atoms with van der Waals surface area (Å²) >= 11 is 1.65. The summed E-state index contributed by atoms with van der Waals surface area (Å²) in [6.45, 7) is 2.32. The number of hydrogen-bond acceptors (Lipinski definition) is 3. The Labute approximate surface area is 93.3 Å². The van der Waals surface area contributed by atoms with Crippen LogP contribution in [-0.2, 0) is 6.42 Å². The van der Waals surface area contributed by atoms with Gasteiger partial charge in [-0.1, -0.05) is 0 Å². The molecule has 3 N–H and O–H groups in total. The predicted molar refractivity (Wildman–Crippen MR) is 61.1 cm³/mol. The molecule has 5 heteroatoms. The first-order valence-electron chi connectivity index (χ1n) is 4.88. The number of urea groups is 1. The highest BCUT2D eigenvalue weighted by molar-refractivity contribution is 7.07. The monoisotopic (exact) mass is 228 g/mol. The second-order valence-corrected chi connectivity index (χ2v) is 4.15. The molecule has 2 amide bonds. The van der Waals surface area contributed by atoms with E-state index in [0.29, 0.717) is 6.54 Å². The third-order valence-corrected chi connectivity index (χ3v) is 2.66. The lowest BCUT2D eigenvalue weighted by Crippen LogP contribution is -2.42. The number of carbonyl (C=O) groups is 1. The van der Waals surface area contributed by atoms with E-state index in [9.17, 15) is 4.79 Å². The van der Waals surface area contributed by atoms with Gasteiger partial charge in [-0.25, -0.2) is 4.79 Å². The van der Waals surface area contributed by atoms with E-state index in [1.165, 1.54) is 5.56 Å². The van der Waals surface area contributed by atoms with Gasteiger partial charge >= 0.3 is 6.03 Å². The summed E-state index contributed by atoms with van der Waals surface area (Å²) < 4.78 is 0. The van der Waals surface area contributed by atoms with Crippen molar-refractivity contribution in [3.63, 3.8) is 0 Å². The first kappa shape index (κ1) is 12.0. The van der Waals surface area contributed by atoms with Crippen LogP contribution < -0.4 is 10.6 Å². The first-order chi connectivity index (χ1) is 7.22. The van der Waals surface area contributed by atoms with E-state index >= 15 is 0 Å². The van der Waals surface area contributed by atoms with Crippen LogP contribution in [0.5, 0.6) is 0 Å². The van der Waals surface area contributed by atoms with Crippen molar-refractivity contribution < 1.29 is 9.90 Å². The molecular weight excluding hydrogens is 212 g/mol. The minimum absolute atomic E-state index is 0.0437. The molecule has 0 fully saturated rings. The summed E-state index contributed by atoms with van der Waals surface area (Å²) in [5.74, 6) is 0. The zero-order chi connectivity index (χ0) is 11.1. The van der Waals surface area contributed by atoms with Crippen molar-refractivity contribution in [2.75, 3.05) is 13.2 Å². The van der Waals surface area contributed by atoms with Gasteiger partial charge in [0.25, 0.3) is 0 Å². The highest BCUT2D eigenvalue weighted by Crippen LogP contribution is 2.05. The van der Waals surface area contributed by atoms with Crippen molar-refractivity contribution in [3.05, 3.63) is 22.4 Å². The molecule has 0 aliphatic heterocycles. The molecule has 0 spiro atoms. The van der Waals surface area contributed by atoms with E-state index in [-0.39, 0.29) is 18.7 Å². The first-order valence-corrected chi connectivity index (χ1v) is 5.83. The van der Waals surface area contributed by atoms with Crippen LogP contribution in [0.1, 0.15) is 12.5 Å². The van der Waals surface area contributed by atoms with Crippen LogP contribution in [-0.4, -0.2) is 30.3 Å². The molecule has 0 aliphatic rings. The van der Waals surface area contributed by atoms with Crippen LogP contribution in [0.15, 0.2) is 16.8 Å². The minimum Gasteiger partial charge on any atom is -0.394 e. The van der Waals surface area contributed by atoms with Gasteiger partial charge in [0.15, 0.2) is 0 Å². The summed E-state index contributed by atoms with van der Waals surface area (Å²) in [5, 5.41) is 18.1. The van der Waals surface area contributed by atoms with E-state index in [0.717, 1.165) is 6.42 Å². The highest BCUT2D eigenvalue weighted by atomic mass is 32.1. The Balaban J connectivity index is 2.12. The third kappa shape index (κ3) is 4.80. The van der Waals surface area contributed by atoms with Crippen molar-refractivity contribution in [3.8, 4) is 0 Å². The third-order valence-electron chi connectivity index (χ3n) is 1.93. The molecule has 0 aliphatic carbocycles. The lowest BCUT2D eigenvalue weighted by molar-refractivity contribution is 0.220. The zero-order valence-electron chi connectivity index (χ0n) is 8.69. The van der Waals surface area contributed by atoms with Crippen LogP contribution in [0.3, 0.4) is 0 Å². The topological polar surface area (TPSA) is 61.4 Å². The number of carbonyl (C=O) groups excluding carboxylic acids is 1. The fourth-order valence-electron chi connectivity index (χ4n) is 1.08. The number of nitrogens with one attached hydrogen (secondary N) is 2. The molecule has 1 aromatic heterocycles. The predicted octanol–water partition coefficient (Wildman–Crippen LogP) is 0.971. The van der Waals surface area contributed by atoms with E-state index in [4.69, 9.17) is 5.11 Å². The van der Waals surface area contributed by atoms with Crippen LogP contribution in [0.25, 0.3) is 0 Å². The molecule has 84 valence electrons. The minimum atomic E-state index is -0.230. The molecule has 0 saturated heterocycles. The summed E-state index contributed by atoms with van der Waals surface area (Å²) in [7, 11) is 0. The van der Waals surface area contributed by atoms with E-state index in [1.807, 2.05) is 11.4 Å². The van der Waals surface area contributed by atoms with Crippen LogP contribution >= 0.6 is 11.3 Å². The molecule has 0 unspecified atom stereocenters. The normalized spacial score (nSPS) is 12.1. The van der Waals surface area contributed by atoms with Crippen LogP contribution in [0, 0.1) is 0 Å². The number of amides is 2. The Kier molecular flexibility index (Phi) is 5.14. The maximum absolute atomic E-state index is 11.2. The maximum atomic E-state index is 11.2. The zero-order valence-corrected chi connectivity index (χ0v) is 9.51. The fraction of sp³-hybridized carbons (Fsp3) is 0.500. The van der Waals surface area contributed by atoms with Crippen LogP contribution in [0.2, 0.25) is 0 Å². The van der Waals surface area contributed by atoms with Gasteiger partial charge in [-0.3, -0.25) is 0 Å². The Morgan fingerprint density at radius 2 is 2.47 bits per heavy atom. The fourth-order valence-corrected chi connectivity index (χ4v) is 1.78. The maximum Gasteiger partial charge on any atom is 0.315 e. The molecule has 1 rings (SSSR count). The van der Waals surface area contributed by atoms with Gasteiger partial charge in [-0.2, -0.15) is 11.3 Å². The largest absolute Gasteiger partial charge is 0.394 e.